The number of halogens is 3. The molecule has 5 heteroatoms. The average molecular weight is 340 g/mol. The summed E-state index contributed by atoms with van der Waals surface area (Å²) < 4.78 is 1.98. The van der Waals surface area contributed by atoms with Crippen LogP contribution in [-0.4, -0.2) is 9.55 Å². The summed E-state index contributed by atoms with van der Waals surface area (Å²) in [5.41, 5.74) is 4.77. The standard InChI is InChI=1S/C16H13Cl3N2/c1-9-3-4-13-15(5-9)21(16(8-17)20-13)14-7-11(18)10(2)6-12(14)19/h3-7H,8H2,1-2H3. The summed E-state index contributed by atoms with van der Waals surface area (Å²) in [7, 11) is 0. The molecule has 0 saturated carbocycles. The van der Waals surface area contributed by atoms with Crippen LogP contribution in [0.15, 0.2) is 30.3 Å². The molecule has 0 spiro atoms. The first-order chi connectivity index (χ1) is 10.0. The van der Waals surface area contributed by atoms with Crippen LogP contribution in [0, 0.1) is 13.8 Å². The van der Waals surface area contributed by atoms with Crippen molar-refractivity contribution >= 4 is 45.8 Å². The highest BCUT2D eigenvalue weighted by Crippen LogP contribution is 2.32. The Morgan fingerprint density at radius 2 is 1.81 bits per heavy atom. The second-order valence-electron chi connectivity index (χ2n) is 5.04. The summed E-state index contributed by atoms with van der Waals surface area (Å²) in [5, 5.41) is 1.30. The molecule has 0 amide bonds. The van der Waals surface area contributed by atoms with E-state index in [1.807, 2.05) is 42.7 Å². The molecule has 2 nitrogen and oxygen atoms in total. The summed E-state index contributed by atoms with van der Waals surface area (Å²) in [6.45, 7) is 3.97. The van der Waals surface area contributed by atoms with Crippen molar-refractivity contribution in [1.29, 1.82) is 0 Å². The van der Waals surface area contributed by atoms with Crippen LogP contribution in [0.5, 0.6) is 0 Å². The molecule has 0 fully saturated rings. The zero-order valence-corrected chi connectivity index (χ0v) is 13.9. The van der Waals surface area contributed by atoms with Crippen LogP contribution >= 0.6 is 34.8 Å². The average Bonchev–Trinajstić information content (AvgIpc) is 2.80. The van der Waals surface area contributed by atoms with Crippen LogP contribution < -0.4 is 0 Å². The molecule has 0 bridgehead atoms. The molecular weight excluding hydrogens is 327 g/mol. The SMILES string of the molecule is Cc1ccc2nc(CCl)n(-c3cc(Cl)c(C)cc3Cl)c2c1. The van der Waals surface area contributed by atoms with Crippen LogP contribution in [-0.2, 0) is 5.88 Å². The lowest BCUT2D eigenvalue weighted by Crippen LogP contribution is -2.01. The fourth-order valence-electron chi connectivity index (χ4n) is 2.40. The van der Waals surface area contributed by atoms with E-state index < -0.39 is 0 Å². The normalized spacial score (nSPS) is 11.3. The number of hydrogen-bond acceptors (Lipinski definition) is 1. The lowest BCUT2D eigenvalue weighted by atomic mass is 10.2. The minimum atomic E-state index is 0.301. The molecule has 0 N–H and O–H groups in total. The highest BCUT2D eigenvalue weighted by molar-refractivity contribution is 6.35. The Kier molecular flexibility index (Phi) is 3.87. The van der Waals surface area contributed by atoms with Gasteiger partial charge in [-0.2, -0.15) is 0 Å². The van der Waals surface area contributed by atoms with Gasteiger partial charge < -0.3 is 0 Å². The third kappa shape index (κ3) is 2.52. The Bertz CT molecular complexity index is 837. The van der Waals surface area contributed by atoms with E-state index >= 15 is 0 Å². The maximum atomic E-state index is 6.41. The highest BCUT2D eigenvalue weighted by atomic mass is 35.5. The number of benzene rings is 2. The van der Waals surface area contributed by atoms with Crippen LogP contribution in [0.3, 0.4) is 0 Å². The first-order valence-corrected chi connectivity index (χ1v) is 7.80. The van der Waals surface area contributed by atoms with Crippen LogP contribution in [0.1, 0.15) is 17.0 Å². The van der Waals surface area contributed by atoms with Crippen molar-refractivity contribution in [1.82, 2.24) is 9.55 Å². The van der Waals surface area contributed by atoms with Crippen LogP contribution in [0.4, 0.5) is 0 Å². The Morgan fingerprint density at radius 3 is 2.52 bits per heavy atom. The molecule has 0 saturated heterocycles. The fourth-order valence-corrected chi connectivity index (χ4v) is 3.04. The summed E-state index contributed by atoms with van der Waals surface area (Å²) in [6, 6.07) is 9.81. The van der Waals surface area contributed by atoms with Gasteiger partial charge in [-0.3, -0.25) is 4.57 Å². The zero-order valence-electron chi connectivity index (χ0n) is 11.6. The van der Waals surface area contributed by atoms with E-state index in [9.17, 15) is 0 Å². The number of aryl methyl sites for hydroxylation is 2. The van der Waals surface area contributed by atoms with Crippen LogP contribution in [0.25, 0.3) is 16.7 Å². The van der Waals surface area contributed by atoms with E-state index in [-0.39, 0.29) is 0 Å². The number of imidazole rings is 1. The molecule has 0 aliphatic rings. The Morgan fingerprint density at radius 1 is 1.05 bits per heavy atom. The first-order valence-electron chi connectivity index (χ1n) is 6.51. The van der Waals surface area contributed by atoms with Gasteiger partial charge in [0, 0.05) is 5.02 Å². The van der Waals surface area contributed by atoms with E-state index in [1.54, 1.807) is 0 Å². The maximum absolute atomic E-state index is 6.41. The molecule has 3 aromatic rings. The topological polar surface area (TPSA) is 17.8 Å². The second kappa shape index (κ2) is 5.53. The number of aromatic nitrogens is 2. The molecule has 21 heavy (non-hydrogen) atoms. The molecule has 0 atom stereocenters. The molecular formula is C16H13Cl3N2. The molecule has 1 heterocycles. The molecule has 0 radical (unpaired) electrons. The van der Waals surface area contributed by atoms with Gasteiger partial charge in [0.15, 0.2) is 0 Å². The molecule has 2 aromatic carbocycles. The predicted molar refractivity (Wildman–Crippen MR) is 90.1 cm³/mol. The first kappa shape index (κ1) is 14.7. The van der Waals surface area contributed by atoms with Gasteiger partial charge in [-0.05, 0) is 49.2 Å². The van der Waals surface area contributed by atoms with Crippen molar-refractivity contribution in [3.63, 3.8) is 0 Å². The lowest BCUT2D eigenvalue weighted by Gasteiger charge is -2.12. The smallest absolute Gasteiger partial charge is 0.129 e. The fraction of sp³-hybridized carbons (Fsp3) is 0.188. The summed E-state index contributed by atoms with van der Waals surface area (Å²) in [5.74, 6) is 1.05. The van der Waals surface area contributed by atoms with Crippen molar-refractivity contribution in [2.45, 2.75) is 19.7 Å². The summed E-state index contributed by atoms with van der Waals surface area (Å²) in [4.78, 5) is 4.57. The van der Waals surface area contributed by atoms with Crippen molar-refractivity contribution in [2.24, 2.45) is 0 Å². The lowest BCUT2D eigenvalue weighted by molar-refractivity contribution is 0.981. The molecule has 0 unspecified atom stereocenters. The van der Waals surface area contributed by atoms with Crippen molar-refractivity contribution < 1.29 is 0 Å². The van der Waals surface area contributed by atoms with Crippen molar-refractivity contribution in [2.75, 3.05) is 0 Å². The van der Waals surface area contributed by atoms with Gasteiger partial charge in [0.05, 0.1) is 27.6 Å². The number of rotatable bonds is 2. The van der Waals surface area contributed by atoms with Gasteiger partial charge in [-0.1, -0.05) is 29.3 Å². The Hall–Kier alpha value is -1.22. The Balaban J connectivity index is 2.38. The van der Waals surface area contributed by atoms with Gasteiger partial charge in [0.25, 0.3) is 0 Å². The van der Waals surface area contributed by atoms with E-state index in [2.05, 4.69) is 11.1 Å². The summed E-state index contributed by atoms with van der Waals surface area (Å²) in [6.07, 6.45) is 0. The number of fused-ring (bicyclic) bond motifs is 1. The van der Waals surface area contributed by atoms with Crippen LogP contribution in [0.2, 0.25) is 10.0 Å². The maximum Gasteiger partial charge on any atom is 0.129 e. The van der Waals surface area contributed by atoms with E-state index in [1.165, 1.54) is 0 Å². The molecule has 108 valence electrons. The van der Waals surface area contributed by atoms with E-state index in [0.717, 1.165) is 33.7 Å². The Labute approximate surface area is 138 Å². The zero-order chi connectivity index (χ0) is 15.1. The minimum absolute atomic E-state index is 0.301. The minimum Gasteiger partial charge on any atom is -0.294 e. The number of hydrogen-bond donors (Lipinski definition) is 0. The second-order valence-corrected chi connectivity index (χ2v) is 6.12. The number of alkyl halides is 1. The summed E-state index contributed by atoms with van der Waals surface area (Å²) >= 11 is 18.7. The highest BCUT2D eigenvalue weighted by Gasteiger charge is 2.15. The largest absolute Gasteiger partial charge is 0.294 e. The molecule has 1 aromatic heterocycles. The van der Waals surface area contributed by atoms with E-state index in [4.69, 9.17) is 34.8 Å². The predicted octanol–water partition coefficient (Wildman–Crippen LogP) is 5.69. The molecule has 0 aliphatic carbocycles. The molecule has 0 aliphatic heterocycles. The monoisotopic (exact) mass is 338 g/mol. The van der Waals surface area contributed by atoms with Gasteiger partial charge in [0.2, 0.25) is 0 Å². The van der Waals surface area contributed by atoms with Gasteiger partial charge >= 0.3 is 0 Å². The van der Waals surface area contributed by atoms with Gasteiger partial charge in [0.1, 0.15) is 5.82 Å². The number of nitrogens with zero attached hydrogens (tertiary/aromatic N) is 2. The van der Waals surface area contributed by atoms with Crippen molar-refractivity contribution in [3.8, 4) is 5.69 Å². The van der Waals surface area contributed by atoms with Gasteiger partial charge in [-0.25, -0.2) is 4.98 Å². The third-order valence-corrected chi connectivity index (χ3v) is 4.42. The van der Waals surface area contributed by atoms with Crippen molar-refractivity contribution in [3.05, 3.63) is 57.3 Å². The quantitative estimate of drug-likeness (QED) is 0.549. The third-order valence-electron chi connectivity index (χ3n) is 3.47. The van der Waals surface area contributed by atoms with E-state index in [0.29, 0.717) is 15.9 Å². The molecule has 3 rings (SSSR count). The van der Waals surface area contributed by atoms with Gasteiger partial charge in [-0.15, -0.1) is 11.6 Å².